The SMILES string of the molecule is O=C(NCCCC1CCCC1)c1cccs1. The van der Waals surface area contributed by atoms with Crippen molar-refractivity contribution in [2.45, 2.75) is 38.5 Å². The van der Waals surface area contributed by atoms with Crippen molar-refractivity contribution in [3.8, 4) is 0 Å². The van der Waals surface area contributed by atoms with E-state index in [1.807, 2.05) is 17.5 Å². The van der Waals surface area contributed by atoms with Crippen LogP contribution in [0.1, 0.15) is 48.2 Å². The minimum Gasteiger partial charge on any atom is -0.351 e. The molecule has 0 spiro atoms. The third-order valence-corrected chi connectivity index (χ3v) is 4.16. The van der Waals surface area contributed by atoms with E-state index in [1.54, 1.807) is 0 Å². The van der Waals surface area contributed by atoms with Crippen molar-refractivity contribution in [3.05, 3.63) is 22.4 Å². The van der Waals surface area contributed by atoms with Crippen molar-refractivity contribution in [2.75, 3.05) is 6.54 Å². The van der Waals surface area contributed by atoms with Crippen molar-refractivity contribution < 1.29 is 4.79 Å². The molecule has 1 N–H and O–H groups in total. The predicted octanol–water partition coefficient (Wildman–Crippen LogP) is 3.45. The van der Waals surface area contributed by atoms with Gasteiger partial charge in [0.2, 0.25) is 0 Å². The Morgan fingerprint density at radius 1 is 1.44 bits per heavy atom. The van der Waals surface area contributed by atoms with E-state index in [0.29, 0.717) is 0 Å². The number of thiophene rings is 1. The molecule has 0 saturated heterocycles. The molecule has 2 rings (SSSR count). The van der Waals surface area contributed by atoms with E-state index in [1.165, 1.54) is 43.4 Å². The third kappa shape index (κ3) is 3.34. The zero-order valence-corrected chi connectivity index (χ0v) is 10.4. The standard InChI is InChI=1S/C13H19NOS/c15-13(12-8-4-10-16-12)14-9-3-7-11-5-1-2-6-11/h4,8,10-11H,1-3,5-7,9H2,(H,14,15). The van der Waals surface area contributed by atoms with Gasteiger partial charge in [-0.05, 0) is 30.2 Å². The zero-order chi connectivity index (χ0) is 11.2. The van der Waals surface area contributed by atoms with Crippen LogP contribution < -0.4 is 5.32 Å². The Morgan fingerprint density at radius 2 is 2.25 bits per heavy atom. The van der Waals surface area contributed by atoms with Crippen molar-refractivity contribution in [1.82, 2.24) is 5.32 Å². The lowest BCUT2D eigenvalue weighted by Crippen LogP contribution is -2.23. The summed E-state index contributed by atoms with van der Waals surface area (Å²) in [6.45, 7) is 0.827. The van der Waals surface area contributed by atoms with Crippen LogP contribution in [0, 0.1) is 5.92 Å². The number of nitrogens with one attached hydrogen (secondary N) is 1. The van der Waals surface area contributed by atoms with Crippen LogP contribution in [-0.4, -0.2) is 12.5 Å². The first-order valence-electron chi connectivity index (χ1n) is 6.18. The Bertz CT molecular complexity index is 315. The summed E-state index contributed by atoms with van der Waals surface area (Å²) < 4.78 is 0. The molecule has 16 heavy (non-hydrogen) atoms. The highest BCUT2D eigenvalue weighted by Crippen LogP contribution is 2.28. The van der Waals surface area contributed by atoms with Gasteiger partial charge in [-0.1, -0.05) is 31.7 Å². The Hall–Kier alpha value is -0.830. The van der Waals surface area contributed by atoms with E-state index < -0.39 is 0 Å². The molecular weight excluding hydrogens is 218 g/mol. The van der Waals surface area contributed by atoms with Crippen LogP contribution in [-0.2, 0) is 0 Å². The van der Waals surface area contributed by atoms with Gasteiger partial charge in [-0.2, -0.15) is 0 Å². The van der Waals surface area contributed by atoms with E-state index in [2.05, 4.69) is 5.32 Å². The fourth-order valence-corrected chi connectivity index (χ4v) is 3.03. The van der Waals surface area contributed by atoms with Gasteiger partial charge in [-0.3, -0.25) is 4.79 Å². The molecular formula is C13H19NOS. The van der Waals surface area contributed by atoms with E-state index >= 15 is 0 Å². The summed E-state index contributed by atoms with van der Waals surface area (Å²) in [6, 6.07) is 3.79. The van der Waals surface area contributed by atoms with Crippen LogP contribution >= 0.6 is 11.3 Å². The van der Waals surface area contributed by atoms with Gasteiger partial charge < -0.3 is 5.32 Å². The zero-order valence-electron chi connectivity index (χ0n) is 9.58. The second-order valence-electron chi connectivity index (χ2n) is 4.53. The highest BCUT2D eigenvalue weighted by Gasteiger charge is 2.14. The Balaban J connectivity index is 1.59. The topological polar surface area (TPSA) is 29.1 Å². The second-order valence-corrected chi connectivity index (χ2v) is 5.47. The number of amides is 1. The van der Waals surface area contributed by atoms with Gasteiger partial charge in [0.05, 0.1) is 4.88 Å². The summed E-state index contributed by atoms with van der Waals surface area (Å²) in [4.78, 5) is 12.4. The van der Waals surface area contributed by atoms with Crippen molar-refractivity contribution in [2.24, 2.45) is 5.92 Å². The quantitative estimate of drug-likeness (QED) is 0.781. The molecule has 0 aromatic carbocycles. The number of carbonyl (C=O) groups excluding carboxylic acids is 1. The molecule has 0 bridgehead atoms. The molecule has 0 aliphatic heterocycles. The molecule has 1 heterocycles. The Kier molecular flexibility index (Phi) is 4.40. The minimum absolute atomic E-state index is 0.0846. The van der Waals surface area contributed by atoms with Crippen LogP contribution in [0.4, 0.5) is 0 Å². The third-order valence-electron chi connectivity index (χ3n) is 3.29. The molecule has 1 aliphatic rings. The molecule has 1 aromatic rings. The molecule has 1 fully saturated rings. The number of carbonyl (C=O) groups is 1. The normalized spacial score (nSPS) is 16.5. The summed E-state index contributed by atoms with van der Waals surface area (Å²) >= 11 is 1.50. The maximum atomic E-state index is 11.6. The molecule has 0 atom stereocenters. The van der Waals surface area contributed by atoms with Crippen molar-refractivity contribution in [3.63, 3.8) is 0 Å². The van der Waals surface area contributed by atoms with Gasteiger partial charge in [-0.15, -0.1) is 11.3 Å². The first-order valence-corrected chi connectivity index (χ1v) is 7.06. The molecule has 0 radical (unpaired) electrons. The summed E-state index contributed by atoms with van der Waals surface area (Å²) in [5.41, 5.74) is 0. The van der Waals surface area contributed by atoms with Crippen LogP contribution in [0.2, 0.25) is 0 Å². The number of hydrogen-bond acceptors (Lipinski definition) is 2. The lowest BCUT2D eigenvalue weighted by Gasteiger charge is -2.08. The molecule has 1 saturated carbocycles. The highest BCUT2D eigenvalue weighted by molar-refractivity contribution is 7.12. The fraction of sp³-hybridized carbons (Fsp3) is 0.615. The minimum atomic E-state index is 0.0846. The second kappa shape index (κ2) is 6.04. The largest absolute Gasteiger partial charge is 0.351 e. The summed E-state index contributed by atoms with van der Waals surface area (Å²) in [5, 5.41) is 4.92. The van der Waals surface area contributed by atoms with Crippen LogP contribution in [0.25, 0.3) is 0 Å². The number of rotatable bonds is 5. The fourth-order valence-electron chi connectivity index (χ4n) is 2.39. The summed E-state index contributed by atoms with van der Waals surface area (Å²) in [6.07, 6.45) is 8.03. The Morgan fingerprint density at radius 3 is 2.94 bits per heavy atom. The predicted molar refractivity (Wildman–Crippen MR) is 67.8 cm³/mol. The molecule has 1 amide bonds. The van der Waals surface area contributed by atoms with Crippen molar-refractivity contribution in [1.29, 1.82) is 0 Å². The molecule has 1 aromatic heterocycles. The maximum absolute atomic E-state index is 11.6. The van der Waals surface area contributed by atoms with Crippen LogP contribution in [0.5, 0.6) is 0 Å². The average Bonchev–Trinajstić information content (AvgIpc) is 2.96. The average molecular weight is 237 g/mol. The highest BCUT2D eigenvalue weighted by atomic mass is 32.1. The number of hydrogen-bond donors (Lipinski definition) is 1. The van der Waals surface area contributed by atoms with Gasteiger partial charge in [0.1, 0.15) is 0 Å². The summed E-state index contributed by atoms with van der Waals surface area (Å²) in [7, 11) is 0. The van der Waals surface area contributed by atoms with E-state index in [9.17, 15) is 4.79 Å². The molecule has 0 unspecified atom stereocenters. The summed E-state index contributed by atoms with van der Waals surface area (Å²) in [5.74, 6) is 1.01. The molecule has 88 valence electrons. The monoisotopic (exact) mass is 237 g/mol. The Labute approximate surface area is 101 Å². The van der Waals surface area contributed by atoms with E-state index in [-0.39, 0.29) is 5.91 Å². The van der Waals surface area contributed by atoms with Crippen LogP contribution in [0.15, 0.2) is 17.5 Å². The van der Waals surface area contributed by atoms with E-state index in [0.717, 1.165) is 23.8 Å². The maximum Gasteiger partial charge on any atom is 0.261 e. The molecule has 1 aliphatic carbocycles. The smallest absolute Gasteiger partial charge is 0.261 e. The van der Waals surface area contributed by atoms with E-state index in [4.69, 9.17) is 0 Å². The van der Waals surface area contributed by atoms with Crippen LogP contribution in [0.3, 0.4) is 0 Å². The lowest BCUT2D eigenvalue weighted by molar-refractivity contribution is 0.0956. The van der Waals surface area contributed by atoms with Gasteiger partial charge in [-0.25, -0.2) is 0 Å². The van der Waals surface area contributed by atoms with Gasteiger partial charge in [0.25, 0.3) is 5.91 Å². The first kappa shape index (κ1) is 11.6. The lowest BCUT2D eigenvalue weighted by atomic mass is 10.0. The van der Waals surface area contributed by atoms with Crippen molar-refractivity contribution >= 4 is 17.2 Å². The molecule has 2 nitrogen and oxygen atoms in total. The van der Waals surface area contributed by atoms with Gasteiger partial charge in [0, 0.05) is 6.54 Å². The first-order chi connectivity index (χ1) is 7.86. The van der Waals surface area contributed by atoms with Gasteiger partial charge >= 0.3 is 0 Å². The molecule has 3 heteroatoms. The van der Waals surface area contributed by atoms with Gasteiger partial charge in [0.15, 0.2) is 0 Å².